The number of nitrogen functional groups attached to an aromatic ring is 1. The van der Waals surface area contributed by atoms with Crippen LogP contribution in [0.4, 0.5) is 5.69 Å². The van der Waals surface area contributed by atoms with Gasteiger partial charge >= 0.3 is 0 Å². The van der Waals surface area contributed by atoms with Crippen LogP contribution in [0, 0.1) is 11.8 Å². The fourth-order valence-electron chi connectivity index (χ4n) is 3.49. The number of rotatable bonds is 14. The number of carbonyl (C=O) groups is 1. The van der Waals surface area contributed by atoms with Crippen molar-refractivity contribution < 1.29 is 14.1 Å². The minimum atomic E-state index is -1.06. The van der Waals surface area contributed by atoms with Crippen molar-refractivity contribution in [2.75, 3.05) is 30.8 Å². The van der Waals surface area contributed by atoms with E-state index in [4.69, 9.17) is 5.73 Å². The Bertz CT molecular complexity index is 894. The molecule has 0 saturated heterocycles. The van der Waals surface area contributed by atoms with Crippen molar-refractivity contribution in [3.63, 3.8) is 0 Å². The molecule has 0 aromatic heterocycles. The molecular weight excluding hydrogens is 466 g/mol. The Kier molecular flexibility index (Phi) is 12.1. The minimum Gasteiger partial charge on any atom is -0.399 e. The maximum absolute atomic E-state index is 12.8. The first kappa shape index (κ1) is 28.4. The Morgan fingerprint density at radius 3 is 2.35 bits per heavy atom. The lowest BCUT2D eigenvalue weighted by Crippen LogP contribution is -2.50. The van der Waals surface area contributed by atoms with Gasteiger partial charge in [0, 0.05) is 52.4 Å². The van der Waals surface area contributed by atoms with Crippen molar-refractivity contribution in [2.24, 2.45) is 11.8 Å². The Labute approximate surface area is 211 Å². The van der Waals surface area contributed by atoms with Crippen molar-refractivity contribution in [1.82, 2.24) is 9.62 Å². The van der Waals surface area contributed by atoms with E-state index < -0.39 is 28.9 Å². The largest absolute Gasteiger partial charge is 0.399 e. The molecule has 4 N–H and O–H groups in total. The van der Waals surface area contributed by atoms with Crippen LogP contribution in [0.15, 0.2) is 59.5 Å². The van der Waals surface area contributed by atoms with Crippen LogP contribution in [0.2, 0.25) is 0 Å². The van der Waals surface area contributed by atoms with Gasteiger partial charge in [-0.2, -0.15) is 0 Å². The quantitative estimate of drug-likeness (QED) is 0.268. The lowest BCUT2D eigenvalue weighted by molar-refractivity contribution is -0.125. The zero-order chi connectivity index (χ0) is 25.1. The normalized spacial score (nSPS) is 15.1. The van der Waals surface area contributed by atoms with E-state index in [2.05, 4.69) is 23.5 Å². The van der Waals surface area contributed by atoms with Crippen LogP contribution < -0.4 is 11.1 Å². The van der Waals surface area contributed by atoms with Crippen LogP contribution in [0.5, 0.6) is 0 Å². The smallest absolute Gasteiger partial charge is 0.224 e. The molecule has 0 aliphatic rings. The maximum atomic E-state index is 12.8. The summed E-state index contributed by atoms with van der Waals surface area (Å²) in [6, 6.07) is 17.1. The van der Waals surface area contributed by atoms with Gasteiger partial charge in [0.25, 0.3) is 0 Å². The molecule has 34 heavy (non-hydrogen) atoms. The van der Waals surface area contributed by atoms with Crippen molar-refractivity contribution in [3.8, 4) is 0 Å². The van der Waals surface area contributed by atoms with E-state index in [0.29, 0.717) is 30.3 Å². The number of aliphatic hydroxyl groups excluding tert-OH is 1. The van der Waals surface area contributed by atoms with E-state index in [-0.39, 0.29) is 5.91 Å². The molecule has 0 radical (unpaired) electrons. The topological polar surface area (TPSA) is 95.7 Å². The highest BCUT2D eigenvalue weighted by atomic mass is 32.2. The van der Waals surface area contributed by atoms with Gasteiger partial charge < -0.3 is 16.2 Å². The van der Waals surface area contributed by atoms with E-state index in [1.165, 1.54) is 0 Å². The van der Waals surface area contributed by atoms with Gasteiger partial charge in [-0.25, -0.2) is 4.31 Å². The number of nitrogens with zero attached hydrogens (tertiary/aromatic N) is 1. The molecule has 1 unspecified atom stereocenters. The lowest BCUT2D eigenvalue weighted by Gasteiger charge is -2.30. The van der Waals surface area contributed by atoms with Crippen LogP contribution in [0.3, 0.4) is 0 Å². The molecule has 1 amide bonds. The molecule has 2 rings (SSSR count). The van der Waals surface area contributed by atoms with E-state index >= 15 is 0 Å². The fraction of sp³-hybridized carbons (Fsp3) is 0.500. The van der Waals surface area contributed by atoms with Crippen molar-refractivity contribution in [3.05, 3.63) is 60.2 Å². The van der Waals surface area contributed by atoms with E-state index in [1.807, 2.05) is 54.6 Å². The molecule has 0 aliphatic heterocycles. The summed E-state index contributed by atoms with van der Waals surface area (Å²) in [5.41, 5.74) is 7.58. The average molecular weight is 506 g/mol. The second-order valence-electron chi connectivity index (χ2n) is 9.24. The third-order valence-electron chi connectivity index (χ3n) is 5.48. The van der Waals surface area contributed by atoms with Gasteiger partial charge in [-0.15, -0.1) is 0 Å². The van der Waals surface area contributed by atoms with Gasteiger partial charge in [0.2, 0.25) is 5.91 Å². The number of nitrogens with two attached hydrogens (primary N) is 1. The van der Waals surface area contributed by atoms with E-state index in [1.54, 1.807) is 25.1 Å². The second kappa shape index (κ2) is 14.5. The molecule has 2 aromatic rings. The van der Waals surface area contributed by atoms with Crippen LogP contribution in [-0.4, -0.2) is 56.8 Å². The summed E-state index contributed by atoms with van der Waals surface area (Å²) in [5, 5.41) is 14.3. The molecule has 0 bridgehead atoms. The molecule has 2 aromatic carbocycles. The van der Waals surface area contributed by atoms with Gasteiger partial charge in [-0.05, 0) is 60.5 Å². The first-order chi connectivity index (χ1) is 16.1. The van der Waals surface area contributed by atoms with E-state index in [0.717, 1.165) is 23.4 Å². The third-order valence-corrected chi connectivity index (χ3v) is 7.53. The highest BCUT2D eigenvalue weighted by Gasteiger charge is 2.27. The van der Waals surface area contributed by atoms with Gasteiger partial charge in [0.15, 0.2) is 0 Å². The fourth-order valence-corrected chi connectivity index (χ4v) is 5.33. The second-order valence-corrected chi connectivity index (χ2v) is 11.9. The molecule has 188 valence electrons. The van der Waals surface area contributed by atoms with Crippen molar-refractivity contribution in [1.29, 1.82) is 0 Å². The molecule has 6 nitrogen and oxygen atoms in total. The Morgan fingerprint density at radius 1 is 1.12 bits per heavy atom. The summed E-state index contributed by atoms with van der Waals surface area (Å²) in [7, 11) is -1.06. The predicted molar refractivity (Wildman–Crippen MR) is 144 cm³/mol. The number of carbonyl (C=O) groups excluding carboxylic acids is 1. The summed E-state index contributed by atoms with van der Waals surface area (Å²) in [6.07, 6.45) is 2.32. The SMILES string of the molecule is CC(C)CCN(C[C@@H](O)[C@H](Cc1ccccc1)NC(=O)[C@H](C)CS(C)=O)Sc1ccc(N)cc1. The standard InChI is InChI=1S/C26H39N3O3S2/c1-19(2)14-15-29(33-23-12-10-22(27)11-13-23)17-25(30)24(16-21-8-6-5-7-9-21)28-26(31)20(3)18-34(4)32/h5-13,19-20,24-25,30H,14-18,27H2,1-4H3,(H,28,31)/t20-,24+,25-,34?/m1/s1. The Morgan fingerprint density at radius 2 is 1.76 bits per heavy atom. The molecule has 0 spiro atoms. The zero-order valence-electron chi connectivity index (χ0n) is 20.6. The number of nitrogens with one attached hydrogen (secondary N) is 1. The number of hydrogen-bond acceptors (Lipinski definition) is 6. The Hall–Kier alpha value is -1.87. The molecule has 0 heterocycles. The Balaban J connectivity index is 2.16. The number of hydrogen-bond donors (Lipinski definition) is 3. The van der Waals surface area contributed by atoms with Crippen molar-refractivity contribution in [2.45, 2.75) is 50.7 Å². The number of aliphatic hydroxyl groups is 1. The summed E-state index contributed by atoms with van der Waals surface area (Å²) in [4.78, 5) is 13.9. The lowest BCUT2D eigenvalue weighted by atomic mass is 10.00. The van der Waals surface area contributed by atoms with E-state index in [9.17, 15) is 14.1 Å². The molecular formula is C26H39N3O3S2. The van der Waals surface area contributed by atoms with Gasteiger partial charge in [-0.1, -0.05) is 51.1 Å². The summed E-state index contributed by atoms with van der Waals surface area (Å²) < 4.78 is 13.8. The van der Waals surface area contributed by atoms with Crippen LogP contribution in [-0.2, 0) is 22.0 Å². The van der Waals surface area contributed by atoms with Gasteiger partial charge in [0.05, 0.1) is 12.1 Å². The van der Waals surface area contributed by atoms with Gasteiger partial charge in [-0.3, -0.25) is 9.00 Å². The zero-order valence-corrected chi connectivity index (χ0v) is 22.3. The first-order valence-electron chi connectivity index (χ1n) is 11.7. The predicted octanol–water partition coefficient (Wildman–Crippen LogP) is 3.73. The number of benzene rings is 2. The molecule has 0 aliphatic carbocycles. The van der Waals surface area contributed by atoms with Crippen LogP contribution in [0.25, 0.3) is 0 Å². The number of amides is 1. The average Bonchev–Trinajstić information content (AvgIpc) is 2.78. The summed E-state index contributed by atoms with van der Waals surface area (Å²) in [6.45, 7) is 7.34. The van der Waals surface area contributed by atoms with Crippen molar-refractivity contribution >= 4 is 34.3 Å². The maximum Gasteiger partial charge on any atom is 0.224 e. The number of anilines is 1. The highest BCUT2D eigenvalue weighted by Crippen LogP contribution is 2.25. The van der Waals surface area contributed by atoms with Crippen LogP contribution >= 0.6 is 11.9 Å². The molecule has 4 atom stereocenters. The first-order valence-corrected chi connectivity index (χ1v) is 14.2. The molecule has 0 saturated carbocycles. The summed E-state index contributed by atoms with van der Waals surface area (Å²) >= 11 is 1.59. The summed E-state index contributed by atoms with van der Waals surface area (Å²) in [5.74, 6) is 0.253. The highest BCUT2D eigenvalue weighted by molar-refractivity contribution is 7.97. The third kappa shape index (κ3) is 10.6. The minimum absolute atomic E-state index is 0.185. The monoisotopic (exact) mass is 505 g/mol. The molecule has 8 heteroatoms. The van der Waals surface area contributed by atoms with Gasteiger partial charge in [0.1, 0.15) is 0 Å². The molecule has 0 fully saturated rings. The van der Waals surface area contributed by atoms with Crippen LogP contribution in [0.1, 0.15) is 32.8 Å².